The first-order valence-electron chi connectivity index (χ1n) is 32.3. The fourth-order valence-electron chi connectivity index (χ4n) is 14.6. The van der Waals surface area contributed by atoms with Crippen LogP contribution < -0.4 is 41.5 Å². The predicted molar refractivity (Wildman–Crippen MR) is 401 cm³/mol. The summed E-state index contributed by atoms with van der Waals surface area (Å²) in [6, 6.07) is 85.2. The van der Waals surface area contributed by atoms with E-state index >= 15 is 0 Å². The van der Waals surface area contributed by atoms with Crippen molar-refractivity contribution in [3.8, 4) is 22.6 Å². The smallest absolute Gasteiger partial charge is 0.184 e. The van der Waals surface area contributed by atoms with Crippen LogP contribution in [0.5, 0.6) is 11.5 Å². The molecule has 0 amide bonds. The van der Waals surface area contributed by atoms with Crippen LogP contribution >= 0.6 is 0 Å². The Morgan fingerprint density at radius 2 is 0.581 bits per heavy atom. The molecule has 2 N–H and O–H groups in total. The Hall–Kier alpha value is -7.78. The van der Waals surface area contributed by atoms with Crippen molar-refractivity contribution in [1.82, 2.24) is 9.80 Å². The van der Waals surface area contributed by atoms with Gasteiger partial charge in [0.1, 0.15) is 11.5 Å². The Labute approximate surface area is 582 Å². The van der Waals surface area contributed by atoms with E-state index in [0.717, 1.165) is 45.0 Å². The Morgan fingerprint density at radius 1 is 0.312 bits per heavy atom. The molecule has 0 bridgehead atoms. The van der Waals surface area contributed by atoms with Crippen molar-refractivity contribution < 1.29 is 42.9 Å². The van der Waals surface area contributed by atoms with Crippen molar-refractivity contribution in [2.45, 2.75) is 96.2 Å². The van der Waals surface area contributed by atoms with E-state index < -0.39 is 16.1 Å². The van der Waals surface area contributed by atoms with Crippen LogP contribution in [0.15, 0.2) is 224 Å². The monoisotopic (exact) mass is 1330 g/mol. The second kappa shape index (κ2) is 29.7. The van der Waals surface area contributed by atoms with Gasteiger partial charge in [-0.25, -0.2) is 0 Å². The first-order valence-corrected chi connectivity index (χ1v) is 36.3. The van der Waals surface area contributed by atoms with Crippen molar-refractivity contribution in [2.75, 3.05) is 28.2 Å². The van der Waals surface area contributed by atoms with E-state index in [-0.39, 0.29) is 44.2 Å². The van der Waals surface area contributed by atoms with E-state index in [9.17, 15) is 10.2 Å². The summed E-state index contributed by atoms with van der Waals surface area (Å²) in [6.45, 7) is 28.3. The first-order chi connectivity index (χ1) is 43.9. The number of benzene rings is 12. The molecule has 0 fully saturated rings. The maximum Gasteiger partial charge on any atom is 0.184 e. The largest absolute Gasteiger partial charge is 0.507 e. The van der Waals surface area contributed by atoms with Crippen molar-refractivity contribution in [3.63, 3.8) is 0 Å². The zero-order valence-electron chi connectivity index (χ0n) is 57.6. The topological polar surface area (TPSA) is 46.9 Å². The van der Waals surface area contributed by atoms with Crippen LogP contribution in [0.2, 0.25) is 0 Å². The second-order valence-corrected chi connectivity index (χ2v) is 34.4. The summed E-state index contributed by atoms with van der Waals surface area (Å²) in [4.78, 5) is 4.29. The van der Waals surface area contributed by atoms with E-state index in [1.54, 1.807) is 0 Å². The Balaban J connectivity index is 0.000000414. The van der Waals surface area contributed by atoms with Crippen molar-refractivity contribution in [2.24, 2.45) is 0 Å². The summed E-state index contributed by atoms with van der Waals surface area (Å²) in [5.41, 5.74) is 18.1. The summed E-state index contributed by atoms with van der Waals surface area (Å²) in [6.07, 6.45) is 0. The molecular weight excluding hydrogens is 1240 g/mol. The van der Waals surface area contributed by atoms with Crippen LogP contribution in [-0.4, -0.2) is 64.4 Å². The molecule has 0 atom stereocenters. The number of fused-ring (bicyclic) bond motifs is 2. The molecule has 0 spiro atoms. The molecule has 469 valence electrons. The molecule has 0 saturated heterocycles. The molecule has 0 aliphatic carbocycles. The van der Waals surface area contributed by atoms with Gasteiger partial charge in [-0.1, -0.05) is 267 Å². The van der Waals surface area contributed by atoms with Crippen LogP contribution in [0.3, 0.4) is 0 Å². The van der Waals surface area contributed by atoms with Gasteiger partial charge in [0, 0.05) is 56.9 Å². The summed E-state index contributed by atoms with van der Waals surface area (Å²) in [5, 5.41) is 41.3. The average molecular weight is 1330 g/mol. The molecule has 93 heavy (non-hydrogen) atoms. The molecule has 1 radical (unpaired) electrons. The van der Waals surface area contributed by atoms with Gasteiger partial charge in [0.25, 0.3) is 0 Å². The van der Waals surface area contributed by atoms with E-state index in [1.165, 1.54) is 109 Å². The molecule has 4 nitrogen and oxygen atoms in total. The van der Waals surface area contributed by atoms with Crippen LogP contribution in [0.25, 0.3) is 32.7 Å². The van der Waals surface area contributed by atoms with Crippen molar-refractivity contribution in [1.29, 1.82) is 0 Å². The quantitative estimate of drug-likeness (QED) is 0.0686. The summed E-state index contributed by atoms with van der Waals surface area (Å²) in [5.74, 6) is 0.402. The maximum absolute atomic E-state index is 14.3. The van der Waals surface area contributed by atoms with Crippen LogP contribution in [0.4, 0.5) is 0 Å². The minimum absolute atomic E-state index is 0. The molecule has 0 aromatic heterocycles. The molecule has 12 rings (SSSR count). The number of rotatable bonds is 13. The number of hydrogen-bond acceptors (Lipinski definition) is 4. The molecule has 12 aromatic carbocycles. The molecule has 0 aliphatic heterocycles. The Kier molecular flexibility index (Phi) is 22.2. The zero-order valence-corrected chi connectivity index (χ0v) is 62.5. The van der Waals surface area contributed by atoms with Crippen LogP contribution in [-0.2, 0) is 45.8 Å². The van der Waals surface area contributed by atoms with Crippen LogP contribution in [0.1, 0.15) is 77.9 Å². The fraction of sp³-hybridized carbons (Fsp3) is 0.209. The van der Waals surface area contributed by atoms with Gasteiger partial charge in [-0.05, 0) is 180 Å². The molecule has 12 aromatic rings. The van der Waals surface area contributed by atoms with Gasteiger partial charge in [0.05, 0.1) is 0 Å². The summed E-state index contributed by atoms with van der Waals surface area (Å²) >= 11 is 0. The number of phenolic OH excluding ortho intramolecular Hbond substituents is 2. The number of hydrogen-bond donors (Lipinski definition) is 2. The van der Waals surface area contributed by atoms with Crippen LogP contribution in [0, 0.1) is 89.2 Å². The maximum atomic E-state index is 14.3. The van der Waals surface area contributed by atoms with E-state index in [2.05, 4.69) is 327 Å². The van der Waals surface area contributed by atoms with Gasteiger partial charge in [0.15, 0.2) is 16.1 Å². The number of phenols is 2. The van der Waals surface area contributed by atoms with E-state index in [4.69, 9.17) is 0 Å². The molecule has 0 aliphatic rings. The van der Waals surface area contributed by atoms with Crippen molar-refractivity contribution in [3.05, 3.63) is 308 Å². The summed E-state index contributed by atoms with van der Waals surface area (Å²) in [7, 11) is 1.33. The van der Waals surface area contributed by atoms with E-state index in [0.29, 0.717) is 11.1 Å². The molecule has 0 heterocycles. The van der Waals surface area contributed by atoms with Gasteiger partial charge in [-0.15, -0.1) is 5.56 Å². The van der Waals surface area contributed by atoms with E-state index in [1.807, 2.05) is 24.3 Å². The Bertz CT molecular complexity index is 3980. The molecular formula is C86H91N2O2Si2Y-. The van der Waals surface area contributed by atoms with Gasteiger partial charge >= 0.3 is 0 Å². The van der Waals surface area contributed by atoms with Gasteiger partial charge in [0.2, 0.25) is 0 Å². The molecule has 0 saturated carbocycles. The third-order valence-electron chi connectivity index (χ3n) is 17.6. The first kappa shape index (κ1) is 69.6. The average Bonchev–Trinajstić information content (AvgIpc) is 0.707. The minimum Gasteiger partial charge on any atom is -0.507 e. The fourth-order valence-corrected chi connectivity index (χ4v) is 25.5. The standard InChI is InChI=1S/C68H66O2Si2.C9H13N.C9H12N.Y/c1-41-21-42(2)28-55(27-41)71(56-29-43(3)22-44(4)30-56,57-31-45(5)23-46(6)32-57)63-39-53-17-13-15-19-61(53)65(67(63)69)66-62-20-16-14-18-54(62)40-64(68(66)70)72(58-33-47(7)24-48(8)34-58,59-35-49(9)25-50(10)36-59)60-37-51(11)26-52(12)38-60;2*1-10(2)8-9-6-4-3-5-7-9;/h13-40,69-70H,1-12H3;3-7H,8H2,1-2H3;3-6H,8H2,1-2H3;/q;;-1;. The number of nitrogens with zero attached hydrogens (tertiary/aromatic N) is 2. The third-order valence-corrected chi connectivity index (χ3v) is 26.9. The van der Waals surface area contributed by atoms with Crippen molar-refractivity contribution >= 4 is 79.2 Å². The number of aromatic hydroxyl groups is 2. The number of aryl methyl sites for hydroxylation is 12. The minimum atomic E-state index is -3.47. The molecule has 7 heteroatoms. The second-order valence-electron chi connectivity index (χ2n) is 26.8. The van der Waals surface area contributed by atoms with Gasteiger partial charge in [-0.3, -0.25) is 0 Å². The SMILES string of the molecule is CN(C)Cc1[c-]cccc1.CN(C)Cc1ccccc1.Cc1cc(C)cc([Si](c2cc(C)cc(C)c2)(c2cc(C)cc(C)c2)c2cc3ccccc3c(-c3c(O)c([Si](c4cc(C)cc(C)c4)(c4cc(C)cc(C)c4)c4cc(C)cc(C)c4)cc4ccccc34)c2O)c1.[Y]. The predicted octanol–water partition coefficient (Wildman–Crippen LogP) is 14.8. The Morgan fingerprint density at radius 3 is 0.849 bits per heavy atom. The normalized spacial score (nSPS) is 11.5. The zero-order chi connectivity index (χ0) is 65.8. The van der Waals surface area contributed by atoms with Gasteiger partial charge in [-0.2, -0.15) is 30.3 Å². The van der Waals surface area contributed by atoms with Gasteiger partial charge < -0.3 is 20.0 Å². The third kappa shape index (κ3) is 15.1. The summed E-state index contributed by atoms with van der Waals surface area (Å²) < 4.78 is 0. The molecule has 0 unspecified atom stereocenters.